The van der Waals surface area contributed by atoms with Crippen LogP contribution in [0.1, 0.15) is 22.8 Å². The lowest BCUT2D eigenvalue weighted by Gasteiger charge is -2.14. The number of nitrogens with one attached hydrogen (secondary N) is 4. The van der Waals surface area contributed by atoms with Gasteiger partial charge in [0.2, 0.25) is 0 Å². The Kier molecular flexibility index (Phi) is 6.43. The lowest BCUT2D eigenvalue weighted by Crippen LogP contribution is -2.30. The monoisotopic (exact) mass is 494 g/mol. The van der Waals surface area contributed by atoms with E-state index >= 15 is 0 Å². The number of imidazole rings is 1. The number of carbonyl (C=O) groups excluding carboxylic acids is 2. The second-order valence-corrected chi connectivity index (χ2v) is 9.55. The Morgan fingerprint density at radius 2 is 1.51 bits per heavy atom. The highest BCUT2D eigenvalue weighted by Crippen LogP contribution is 2.20. The molecule has 0 aliphatic rings. The minimum absolute atomic E-state index is 0.0443. The predicted molar refractivity (Wildman–Crippen MR) is 131 cm³/mol. The topological polar surface area (TPSA) is 150 Å². The number of aromatic nitrogens is 2. The SMILES string of the molecule is Cc1ccc(NC(=O)C(C)OC(=O)c2ccc(NS(=O)(=O)c3ccc4[nH]c(=O)[nH]c4c3)cc2)cc1. The van der Waals surface area contributed by atoms with Gasteiger partial charge in [-0.3, -0.25) is 9.52 Å². The number of hydrogen-bond donors (Lipinski definition) is 4. The molecule has 1 unspecified atom stereocenters. The van der Waals surface area contributed by atoms with Crippen LogP contribution >= 0.6 is 0 Å². The highest BCUT2D eigenvalue weighted by Gasteiger charge is 2.20. The highest BCUT2D eigenvalue weighted by atomic mass is 32.2. The zero-order valence-electron chi connectivity index (χ0n) is 18.8. The van der Waals surface area contributed by atoms with Crippen molar-refractivity contribution in [2.24, 2.45) is 0 Å². The highest BCUT2D eigenvalue weighted by molar-refractivity contribution is 7.92. The average molecular weight is 495 g/mol. The molecule has 0 aliphatic carbocycles. The van der Waals surface area contributed by atoms with Gasteiger partial charge in [0.25, 0.3) is 15.9 Å². The van der Waals surface area contributed by atoms with E-state index in [0.717, 1.165) is 5.56 Å². The lowest BCUT2D eigenvalue weighted by molar-refractivity contribution is -0.123. The minimum atomic E-state index is -3.95. The third kappa shape index (κ3) is 5.58. The van der Waals surface area contributed by atoms with Gasteiger partial charge in [0.1, 0.15) is 0 Å². The van der Waals surface area contributed by atoms with E-state index in [9.17, 15) is 22.8 Å². The summed E-state index contributed by atoms with van der Waals surface area (Å²) in [6.07, 6.45) is -1.04. The number of benzene rings is 3. The summed E-state index contributed by atoms with van der Waals surface area (Å²) >= 11 is 0. The van der Waals surface area contributed by atoms with Crippen LogP contribution in [-0.2, 0) is 19.6 Å². The van der Waals surface area contributed by atoms with Crippen molar-refractivity contribution in [2.45, 2.75) is 24.8 Å². The van der Waals surface area contributed by atoms with E-state index in [2.05, 4.69) is 20.0 Å². The fourth-order valence-electron chi connectivity index (χ4n) is 3.23. The van der Waals surface area contributed by atoms with Crippen LogP contribution in [0.15, 0.2) is 76.4 Å². The van der Waals surface area contributed by atoms with Gasteiger partial charge in [-0.2, -0.15) is 0 Å². The zero-order chi connectivity index (χ0) is 25.2. The molecule has 0 fully saturated rings. The molecule has 1 aromatic heterocycles. The van der Waals surface area contributed by atoms with E-state index in [-0.39, 0.29) is 16.1 Å². The van der Waals surface area contributed by atoms with E-state index in [1.54, 1.807) is 12.1 Å². The molecular weight excluding hydrogens is 472 g/mol. The molecule has 10 nitrogen and oxygen atoms in total. The van der Waals surface area contributed by atoms with Crippen molar-refractivity contribution in [3.63, 3.8) is 0 Å². The first kappa shape index (κ1) is 23.8. The maximum Gasteiger partial charge on any atom is 0.338 e. The quantitative estimate of drug-likeness (QED) is 0.290. The number of aryl methyl sites for hydroxylation is 1. The van der Waals surface area contributed by atoms with E-state index in [0.29, 0.717) is 16.7 Å². The Bertz CT molecular complexity index is 1550. The second kappa shape index (κ2) is 9.47. The van der Waals surface area contributed by atoms with Crippen LogP contribution in [0.4, 0.5) is 11.4 Å². The molecule has 180 valence electrons. The maximum absolute atomic E-state index is 12.7. The van der Waals surface area contributed by atoms with Gasteiger partial charge in [-0.1, -0.05) is 17.7 Å². The standard InChI is InChI=1S/C24H22N4O6S/c1-14-3-7-17(8-4-14)25-22(29)15(2)34-23(30)16-5-9-18(10-6-16)28-35(32,33)19-11-12-20-21(13-19)27-24(31)26-20/h3-13,15,28H,1-2H3,(H,25,29)(H2,26,27,31). The summed E-state index contributed by atoms with van der Waals surface area (Å²) in [6, 6.07) is 17.0. The summed E-state index contributed by atoms with van der Waals surface area (Å²) in [5, 5.41) is 2.67. The molecule has 35 heavy (non-hydrogen) atoms. The van der Waals surface area contributed by atoms with Crippen LogP contribution in [-0.4, -0.2) is 36.4 Å². The molecule has 4 N–H and O–H groups in total. The summed E-state index contributed by atoms with van der Waals surface area (Å²) in [4.78, 5) is 41.1. The van der Waals surface area contributed by atoms with Crippen molar-refractivity contribution in [1.82, 2.24) is 9.97 Å². The van der Waals surface area contributed by atoms with Crippen molar-refractivity contribution in [3.05, 3.63) is 88.3 Å². The van der Waals surface area contributed by atoms with Gasteiger partial charge in [0.05, 0.1) is 21.5 Å². The van der Waals surface area contributed by atoms with Gasteiger partial charge in [0, 0.05) is 11.4 Å². The summed E-state index contributed by atoms with van der Waals surface area (Å²) in [6.45, 7) is 3.39. The molecule has 0 saturated heterocycles. The number of sulfonamides is 1. The Balaban J connectivity index is 1.39. The average Bonchev–Trinajstić information content (AvgIpc) is 3.20. The first-order valence-corrected chi connectivity index (χ1v) is 12.0. The van der Waals surface area contributed by atoms with Gasteiger partial charge < -0.3 is 20.0 Å². The van der Waals surface area contributed by atoms with Gasteiger partial charge in [-0.05, 0) is 68.4 Å². The fraction of sp³-hybridized carbons (Fsp3) is 0.125. The molecule has 0 saturated carbocycles. The number of anilines is 2. The number of fused-ring (bicyclic) bond motifs is 1. The lowest BCUT2D eigenvalue weighted by atomic mass is 10.2. The molecular formula is C24H22N4O6S. The van der Waals surface area contributed by atoms with Crippen LogP contribution in [0, 0.1) is 6.92 Å². The minimum Gasteiger partial charge on any atom is -0.449 e. The second-order valence-electron chi connectivity index (χ2n) is 7.87. The molecule has 3 aromatic carbocycles. The smallest absolute Gasteiger partial charge is 0.338 e. The number of hydrogen-bond acceptors (Lipinski definition) is 6. The predicted octanol–water partition coefficient (Wildman–Crippen LogP) is 3.15. The number of aromatic amines is 2. The molecule has 11 heteroatoms. The van der Waals surface area contributed by atoms with Crippen LogP contribution in [0.5, 0.6) is 0 Å². The maximum atomic E-state index is 12.7. The summed E-state index contributed by atoms with van der Waals surface area (Å²) in [7, 11) is -3.95. The first-order valence-electron chi connectivity index (χ1n) is 10.5. The molecule has 0 radical (unpaired) electrons. The number of H-pyrrole nitrogens is 2. The number of esters is 1. The largest absolute Gasteiger partial charge is 0.449 e. The van der Waals surface area contributed by atoms with E-state index < -0.39 is 33.7 Å². The molecule has 4 rings (SSSR count). The van der Waals surface area contributed by atoms with Crippen LogP contribution < -0.4 is 15.7 Å². The van der Waals surface area contributed by atoms with E-state index in [4.69, 9.17) is 4.74 Å². The fourth-order valence-corrected chi connectivity index (χ4v) is 4.31. The molecule has 1 amide bonds. The van der Waals surface area contributed by atoms with E-state index in [1.165, 1.54) is 49.4 Å². The van der Waals surface area contributed by atoms with Crippen LogP contribution in [0.2, 0.25) is 0 Å². The Labute approximate surface area is 200 Å². The Morgan fingerprint density at radius 1 is 0.886 bits per heavy atom. The Morgan fingerprint density at radius 3 is 2.20 bits per heavy atom. The molecule has 1 atom stereocenters. The third-order valence-corrected chi connectivity index (χ3v) is 6.52. The Hall–Kier alpha value is -4.38. The van der Waals surface area contributed by atoms with Crippen LogP contribution in [0.25, 0.3) is 11.0 Å². The van der Waals surface area contributed by atoms with Crippen molar-refractivity contribution in [1.29, 1.82) is 0 Å². The molecule has 1 heterocycles. The summed E-state index contributed by atoms with van der Waals surface area (Å²) in [5.41, 5.74) is 2.40. The number of carbonyl (C=O) groups is 2. The molecule has 0 spiro atoms. The normalized spacial score (nSPS) is 12.2. The van der Waals surface area contributed by atoms with Gasteiger partial charge in [-0.25, -0.2) is 18.0 Å². The molecule has 0 bridgehead atoms. The summed E-state index contributed by atoms with van der Waals surface area (Å²) in [5.74, 6) is -1.21. The number of amides is 1. The zero-order valence-corrected chi connectivity index (χ0v) is 19.6. The summed E-state index contributed by atoms with van der Waals surface area (Å²) < 4.78 is 33.1. The van der Waals surface area contributed by atoms with Crippen molar-refractivity contribution >= 4 is 44.3 Å². The van der Waals surface area contributed by atoms with Gasteiger partial charge >= 0.3 is 11.7 Å². The van der Waals surface area contributed by atoms with Crippen molar-refractivity contribution < 1.29 is 22.7 Å². The number of ether oxygens (including phenoxy) is 1. The van der Waals surface area contributed by atoms with E-state index in [1.807, 2.05) is 19.1 Å². The van der Waals surface area contributed by atoms with Gasteiger partial charge in [0.15, 0.2) is 6.10 Å². The van der Waals surface area contributed by atoms with Gasteiger partial charge in [-0.15, -0.1) is 0 Å². The number of rotatable bonds is 7. The third-order valence-electron chi connectivity index (χ3n) is 5.14. The molecule has 0 aliphatic heterocycles. The van der Waals surface area contributed by atoms with Crippen molar-refractivity contribution in [3.8, 4) is 0 Å². The van der Waals surface area contributed by atoms with Crippen molar-refractivity contribution in [2.75, 3.05) is 10.0 Å². The first-order chi connectivity index (χ1) is 16.6. The van der Waals surface area contributed by atoms with Crippen LogP contribution in [0.3, 0.4) is 0 Å². The molecule has 4 aromatic rings.